The molecule has 7 heteroatoms. The molecule has 0 heterocycles. The molecule has 0 aliphatic rings. The third kappa shape index (κ3) is 9.64. The third-order valence-corrected chi connectivity index (χ3v) is 3.14. The van der Waals surface area contributed by atoms with E-state index in [2.05, 4.69) is 4.72 Å². The summed E-state index contributed by atoms with van der Waals surface area (Å²) in [5.74, 6) is -1.01. The zero-order chi connectivity index (χ0) is 11.7. The number of carbonyl (C=O) groups is 1. The van der Waals surface area contributed by atoms with Crippen LogP contribution in [0.4, 0.5) is 0 Å². The van der Waals surface area contributed by atoms with Crippen molar-refractivity contribution in [2.24, 2.45) is 0 Å². The minimum absolute atomic E-state index is 0.00990. The van der Waals surface area contributed by atoms with Gasteiger partial charge in [-0.25, -0.2) is 13.1 Å². The standard InChI is InChI=1S/C8H17NO5S/c1-14-6-2-3-7-15(12,13)9-5-4-8(10)11/h9H,2-7H2,1H3,(H,10,11). The quantitative estimate of drug-likeness (QED) is 0.544. The molecule has 0 fully saturated rings. The smallest absolute Gasteiger partial charge is 0.304 e. The number of carboxylic acids is 1. The predicted octanol–water partition coefficient (Wildman–Crippen LogP) is -0.193. The first-order valence-electron chi connectivity index (χ1n) is 4.66. The Morgan fingerprint density at radius 2 is 2.07 bits per heavy atom. The van der Waals surface area contributed by atoms with E-state index in [0.717, 1.165) is 0 Å². The largest absolute Gasteiger partial charge is 0.481 e. The minimum atomic E-state index is -3.33. The molecule has 0 spiro atoms. The van der Waals surface area contributed by atoms with Crippen molar-refractivity contribution in [2.45, 2.75) is 19.3 Å². The summed E-state index contributed by atoms with van der Waals surface area (Å²) in [6.07, 6.45) is 0.990. The van der Waals surface area contributed by atoms with Gasteiger partial charge in [0.1, 0.15) is 0 Å². The topological polar surface area (TPSA) is 92.7 Å². The Hall–Kier alpha value is -0.660. The van der Waals surface area contributed by atoms with Gasteiger partial charge in [-0.3, -0.25) is 4.79 Å². The second-order valence-corrected chi connectivity index (χ2v) is 4.98. The van der Waals surface area contributed by atoms with E-state index in [9.17, 15) is 13.2 Å². The molecule has 15 heavy (non-hydrogen) atoms. The number of carboxylic acid groups (broad SMARTS) is 1. The molecular formula is C8H17NO5S. The van der Waals surface area contributed by atoms with Crippen LogP contribution in [0.25, 0.3) is 0 Å². The number of methoxy groups -OCH3 is 1. The van der Waals surface area contributed by atoms with Crippen LogP contribution >= 0.6 is 0 Å². The Bertz CT molecular complexity index is 275. The highest BCUT2D eigenvalue weighted by molar-refractivity contribution is 7.89. The van der Waals surface area contributed by atoms with Gasteiger partial charge >= 0.3 is 5.97 Å². The molecule has 0 aromatic heterocycles. The molecule has 0 amide bonds. The van der Waals surface area contributed by atoms with Crippen LogP contribution in [0.3, 0.4) is 0 Å². The van der Waals surface area contributed by atoms with Gasteiger partial charge in [0.2, 0.25) is 10.0 Å². The molecular weight excluding hydrogens is 222 g/mol. The van der Waals surface area contributed by atoms with Gasteiger partial charge in [0.25, 0.3) is 0 Å². The van der Waals surface area contributed by atoms with Crippen LogP contribution in [-0.4, -0.2) is 45.5 Å². The van der Waals surface area contributed by atoms with Gasteiger partial charge in [0.15, 0.2) is 0 Å². The molecule has 6 nitrogen and oxygen atoms in total. The number of sulfonamides is 1. The van der Waals surface area contributed by atoms with E-state index >= 15 is 0 Å². The van der Waals surface area contributed by atoms with Crippen LogP contribution in [0.5, 0.6) is 0 Å². The summed E-state index contributed by atoms with van der Waals surface area (Å²) >= 11 is 0. The highest BCUT2D eigenvalue weighted by atomic mass is 32.2. The molecule has 90 valence electrons. The molecule has 0 radical (unpaired) electrons. The number of ether oxygens (including phenoxy) is 1. The molecule has 2 N–H and O–H groups in total. The Kier molecular flexibility index (Phi) is 7.27. The highest BCUT2D eigenvalue weighted by Gasteiger charge is 2.09. The van der Waals surface area contributed by atoms with Gasteiger partial charge in [-0.2, -0.15) is 0 Å². The Morgan fingerprint density at radius 1 is 1.40 bits per heavy atom. The second-order valence-electron chi connectivity index (χ2n) is 3.06. The summed E-state index contributed by atoms with van der Waals surface area (Å²) in [4.78, 5) is 10.1. The van der Waals surface area contributed by atoms with E-state index < -0.39 is 16.0 Å². The lowest BCUT2D eigenvalue weighted by molar-refractivity contribution is -0.136. The van der Waals surface area contributed by atoms with Crippen LogP contribution in [0, 0.1) is 0 Å². The maximum Gasteiger partial charge on any atom is 0.304 e. The molecule has 0 aliphatic heterocycles. The third-order valence-electron chi connectivity index (χ3n) is 1.67. The summed E-state index contributed by atoms with van der Waals surface area (Å²) in [5.41, 5.74) is 0. The lowest BCUT2D eigenvalue weighted by atomic mass is 10.4. The molecule has 0 rings (SSSR count). The van der Waals surface area contributed by atoms with Crippen molar-refractivity contribution < 1.29 is 23.1 Å². The van der Waals surface area contributed by atoms with E-state index in [4.69, 9.17) is 9.84 Å². The van der Waals surface area contributed by atoms with Crippen molar-refractivity contribution in [3.05, 3.63) is 0 Å². The van der Waals surface area contributed by atoms with Gasteiger partial charge in [-0.1, -0.05) is 0 Å². The molecule has 0 unspecified atom stereocenters. The van der Waals surface area contributed by atoms with Crippen LogP contribution in [0.15, 0.2) is 0 Å². The average Bonchev–Trinajstić information content (AvgIpc) is 2.11. The van der Waals surface area contributed by atoms with Crippen LogP contribution < -0.4 is 4.72 Å². The highest BCUT2D eigenvalue weighted by Crippen LogP contribution is 1.95. The monoisotopic (exact) mass is 239 g/mol. The SMILES string of the molecule is COCCCCS(=O)(=O)NCCC(=O)O. The van der Waals surface area contributed by atoms with Crippen molar-refractivity contribution in [1.29, 1.82) is 0 Å². The summed E-state index contributed by atoms with van der Waals surface area (Å²) in [5, 5.41) is 8.31. The van der Waals surface area contributed by atoms with Crippen LogP contribution in [0.2, 0.25) is 0 Å². The van der Waals surface area contributed by atoms with Crippen molar-refractivity contribution in [3.8, 4) is 0 Å². The fourth-order valence-electron chi connectivity index (χ4n) is 0.924. The first-order valence-corrected chi connectivity index (χ1v) is 6.31. The second kappa shape index (κ2) is 7.61. The zero-order valence-corrected chi connectivity index (χ0v) is 9.55. The zero-order valence-electron chi connectivity index (χ0n) is 8.73. The first-order chi connectivity index (χ1) is 6.98. The van der Waals surface area contributed by atoms with Crippen molar-refractivity contribution in [3.63, 3.8) is 0 Å². The lowest BCUT2D eigenvalue weighted by Gasteiger charge is -2.04. The van der Waals surface area contributed by atoms with E-state index in [0.29, 0.717) is 19.4 Å². The van der Waals surface area contributed by atoms with E-state index in [1.165, 1.54) is 0 Å². The first kappa shape index (κ1) is 14.3. The van der Waals surface area contributed by atoms with Crippen molar-refractivity contribution in [1.82, 2.24) is 4.72 Å². The number of aliphatic carboxylic acids is 1. The summed E-state index contributed by atoms with van der Waals surface area (Å²) in [6.45, 7) is 0.479. The fourth-order valence-corrected chi connectivity index (χ4v) is 2.07. The van der Waals surface area contributed by atoms with E-state index in [1.807, 2.05) is 0 Å². The molecule has 0 saturated carbocycles. The minimum Gasteiger partial charge on any atom is -0.481 e. The average molecular weight is 239 g/mol. The van der Waals surface area contributed by atoms with Crippen LogP contribution in [0.1, 0.15) is 19.3 Å². The number of nitrogens with one attached hydrogen (secondary N) is 1. The maximum atomic E-state index is 11.2. The Labute approximate surface area is 89.7 Å². The summed E-state index contributed by atoms with van der Waals surface area (Å²) in [7, 11) is -1.77. The maximum absolute atomic E-state index is 11.2. The van der Waals surface area contributed by atoms with Gasteiger partial charge < -0.3 is 9.84 Å². The Balaban J connectivity index is 3.63. The lowest BCUT2D eigenvalue weighted by Crippen LogP contribution is -2.28. The van der Waals surface area contributed by atoms with Gasteiger partial charge in [-0.05, 0) is 12.8 Å². The van der Waals surface area contributed by atoms with Crippen molar-refractivity contribution in [2.75, 3.05) is 26.0 Å². The van der Waals surface area contributed by atoms with Gasteiger partial charge in [-0.15, -0.1) is 0 Å². The molecule has 0 bridgehead atoms. The summed E-state index contributed by atoms with van der Waals surface area (Å²) < 4.78 is 29.5. The van der Waals surface area contributed by atoms with Gasteiger partial charge in [0.05, 0.1) is 12.2 Å². The molecule has 0 aromatic rings. The van der Waals surface area contributed by atoms with E-state index in [1.54, 1.807) is 7.11 Å². The molecule has 0 saturated heterocycles. The number of rotatable bonds is 9. The van der Waals surface area contributed by atoms with E-state index in [-0.39, 0.29) is 18.7 Å². The van der Waals surface area contributed by atoms with Crippen LogP contribution in [-0.2, 0) is 19.6 Å². The Morgan fingerprint density at radius 3 is 2.60 bits per heavy atom. The number of hydrogen-bond donors (Lipinski definition) is 2. The molecule has 0 atom stereocenters. The number of unbranched alkanes of at least 4 members (excludes halogenated alkanes) is 1. The molecule has 0 aromatic carbocycles. The van der Waals surface area contributed by atoms with Crippen molar-refractivity contribution >= 4 is 16.0 Å². The van der Waals surface area contributed by atoms with Gasteiger partial charge in [0, 0.05) is 20.3 Å². The molecule has 0 aliphatic carbocycles. The summed E-state index contributed by atoms with van der Waals surface area (Å²) in [6, 6.07) is 0. The fraction of sp³-hybridized carbons (Fsp3) is 0.875. The number of hydrogen-bond acceptors (Lipinski definition) is 4. The predicted molar refractivity (Wildman–Crippen MR) is 55.2 cm³/mol. The normalized spacial score (nSPS) is 11.5.